The molecule has 2 aromatic carbocycles. The maximum Gasteiger partial charge on any atom is 0.317 e. The van der Waals surface area contributed by atoms with Crippen molar-refractivity contribution in [2.75, 3.05) is 5.32 Å². The van der Waals surface area contributed by atoms with Crippen molar-refractivity contribution < 1.29 is 18.7 Å². The third kappa shape index (κ3) is 3.89. The molecule has 2 aromatic rings. The molecule has 144 valence electrons. The van der Waals surface area contributed by atoms with Gasteiger partial charge in [0.25, 0.3) is 5.91 Å². The number of hydrogen-bond donors (Lipinski definition) is 1. The fourth-order valence-corrected chi connectivity index (χ4v) is 3.65. The molecule has 1 fully saturated rings. The summed E-state index contributed by atoms with van der Waals surface area (Å²) >= 11 is 0. The van der Waals surface area contributed by atoms with Crippen LogP contribution in [0.25, 0.3) is 0 Å². The van der Waals surface area contributed by atoms with Crippen LogP contribution in [-0.4, -0.2) is 18.0 Å². The number of hydrogen-bond acceptors (Lipinski definition) is 4. The first kappa shape index (κ1) is 19.6. The molecule has 0 unspecified atom stereocenters. The predicted octanol–water partition coefficient (Wildman–Crippen LogP) is 4.08. The van der Waals surface area contributed by atoms with E-state index in [1.165, 1.54) is 19.1 Å². The number of nitrogens with one attached hydrogen (secondary N) is 1. The molecule has 5 nitrogen and oxygen atoms in total. The van der Waals surface area contributed by atoms with Crippen LogP contribution < -0.4 is 5.32 Å². The van der Waals surface area contributed by atoms with Crippen LogP contribution in [0, 0.1) is 17.1 Å². The Morgan fingerprint density at radius 3 is 2.57 bits per heavy atom. The number of carbonyl (C=O) groups is 2. The molecule has 1 aliphatic rings. The minimum absolute atomic E-state index is 0.326. The molecule has 1 atom stereocenters. The van der Waals surface area contributed by atoms with E-state index >= 15 is 0 Å². The minimum Gasteiger partial charge on any atom is -0.452 e. The van der Waals surface area contributed by atoms with E-state index in [0.717, 1.165) is 12.8 Å². The molecule has 28 heavy (non-hydrogen) atoms. The van der Waals surface area contributed by atoms with Gasteiger partial charge >= 0.3 is 5.97 Å². The second kappa shape index (κ2) is 8.22. The Hall–Kier alpha value is -3.20. The van der Waals surface area contributed by atoms with Gasteiger partial charge in [0, 0.05) is 11.3 Å². The zero-order chi connectivity index (χ0) is 20.1. The highest BCUT2D eigenvalue weighted by atomic mass is 19.1. The lowest BCUT2D eigenvalue weighted by molar-refractivity contribution is -0.159. The molecular weight excluding hydrogens is 359 g/mol. The number of amides is 1. The Bertz CT molecular complexity index is 929. The van der Waals surface area contributed by atoms with Gasteiger partial charge in [-0.15, -0.1) is 0 Å². The summed E-state index contributed by atoms with van der Waals surface area (Å²) in [5.74, 6) is -1.53. The molecule has 0 heterocycles. The Morgan fingerprint density at radius 2 is 1.89 bits per heavy atom. The molecule has 1 saturated carbocycles. The third-order valence-corrected chi connectivity index (χ3v) is 5.15. The minimum atomic E-state index is -1.05. The van der Waals surface area contributed by atoms with Gasteiger partial charge in [0.15, 0.2) is 6.10 Å². The fraction of sp³-hybridized carbons (Fsp3) is 0.318. The van der Waals surface area contributed by atoms with Crippen LogP contribution in [0.5, 0.6) is 0 Å². The number of anilines is 1. The first-order valence-corrected chi connectivity index (χ1v) is 9.23. The average molecular weight is 380 g/mol. The molecule has 6 heteroatoms. The van der Waals surface area contributed by atoms with Gasteiger partial charge in [0.1, 0.15) is 5.82 Å². The van der Waals surface area contributed by atoms with Crippen LogP contribution in [0.3, 0.4) is 0 Å². The molecule has 0 saturated heterocycles. The zero-order valence-electron chi connectivity index (χ0n) is 15.6. The number of halogens is 1. The Balaban J connectivity index is 1.74. The summed E-state index contributed by atoms with van der Waals surface area (Å²) in [4.78, 5) is 25.4. The van der Waals surface area contributed by atoms with Gasteiger partial charge in [-0.05, 0) is 44.0 Å². The molecule has 0 bridgehead atoms. The lowest BCUT2D eigenvalue weighted by Gasteiger charge is -2.29. The number of rotatable bonds is 5. The molecule has 1 amide bonds. The Kier molecular flexibility index (Phi) is 5.74. The molecule has 0 aliphatic heterocycles. The largest absolute Gasteiger partial charge is 0.452 e. The number of nitrogens with zero attached hydrogens (tertiary/aromatic N) is 1. The summed E-state index contributed by atoms with van der Waals surface area (Å²) in [6.45, 7) is 1.48. The summed E-state index contributed by atoms with van der Waals surface area (Å²) in [7, 11) is 0. The summed E-state index contributed by atoms with van der Waals surface area (Å²) in [6, 6.07) is 14.7. The topological polar surface area (TPSA) is 79.2 Å². The molecule has 0 aromatic heterocycles. The molecule has 1 aliphatic carbocycles. The van der Waals surface area contributed by atoms with Gasteiger partial charge in [-0.3, -0.25) is 9.59 Å². The first-order chi connectivity index (χ1) is 13.5. The quantitative estimate of drug-likeness (QED) is 0.793. The smallest absolute Gasteiger partial charge is 0.317 e. The zero-order valence-corrected chi connectivity index (χ0v) is 15.6. The van der Waals surface area contributed by atoms with Crippen molar-refractivity contribution in [1.29, 1.82) is 5.26 Å². The summed E-state index contributed by atoms with van der Waals surface area (Å²) in [6.07, 6.45) is 1.52. The standard InChI is InChI=1S/C22H21FN2O3/c1-15(20(26)25-17-8-6-7-16(13-17)14-24)28-21(27)22(11-4-5-12-22)18-9-2-3-10-19(18)23/h2-3,6-10,13,15H,4-5,11-12H2,1H3,(H,25,26)/t15-/m0/s1. The van der Waals surface area contributed by atoms with Gasteiger partial charge in [0.2, 0.25) is 0 Å². The fourth-order valence-electron chi connectivity index (χ4n) is 3.65. The van der Waals surface area contributed by atoms with Crippen LogP contribution in [0.2, 0.25) is 0 Å². The van der Waals surface area contributed by atoms with E-state index in [4.69, 9.17) is 10.00 Å². The highest BCUT2D eigenvalue weighted by molar-refractivity contribution is 5.96. The third-order valence-electron chi connectivity index (χ3n) is 5.15. The second-order valence-corrected chi connectivity index (χ2v) is 7.00. The van der Waals surface area contributed by atoms with Crippen LogP contribution in [0.15, 0.2) is 48.5 Å². The first-order valence-electron chi connectivity index (χ1n) is 9.23. The van der Waals surface area contributed by atoms with Gasteiger partial charge in [-0.2, -0.15) is 5.26 Å². The van der Waals surface area contributed by atoms with Crippen molar-refractivity contribution in [3.05, 3.63) is 65.5 Å². The maximum absolute atomic E-state index is 14.4. The normalized spacial score (nSPS) is 16.0. The summed E-state index contributed by atoms with van der Waals surface area (Å²) in [5.41, 5.74) is 0.121. The predicted molar refractivity (Wildman–Crippen MR) is 102 cm³/mol. The van der Waals surface area contributed by atoms with E-state index in [1.54, 1.807) is 36.4 Å². The lowest BCUT2D eigenvalue weighted by atomic mass is 9.78. The van der Waals surface area contributed by atoms with E-state index in [0.29, 0.717) is 29.7 Å². The highest BCUT2D eigenvalue weighted by Gasteiger charge is 2.46. The summed E-state index contributed by atoms with van der Waals surface area (Å²) < 4.78 is 19.8. The van der Waals surface area contributed by atoms with Crippen molar-refractivity contribution in [3.63, 3.8) is 0 Å². The maximum atomic E-state index is 14.4. The molecule has 3 rings (SSSR count). The van der Waals surface area contributed by atoms with Gasteiger partial charge < -0.3 is 10.1 Å². The number of ether oxygens (including phenoxy) is 1. The number of benzene rings is 2. The van der Waals surface area contributed by atoms with Crippen molar-refractivity contribution in [2.24, 2.45) is 0 Å². The van der Waals surface area contributed by atoms with E-state index in [1.807, 2.05) is 6.07 Å². The van der Waals surface area contributed by atoms with Crippen molar-refractivity contribution in [3.8, 4) is 6.07 Å². The van der Waals surface area contributed by atoms with Crippen LogP contribution in [0.4, 0.5) is 10.1 Å². The van der Waals surface area contributed by atoms with Gasteiger partial charge in [-0.1, -0.05) is 37.1 Å². The Labute approximate surface area is 163 Å². The van der Waals surface area contributed by atoms with Crippen LogP contribution >= 0.6 is 0 Å². The molecule has 0 spiro atoms. The number of carbonyl (C=O) groups excluding carboxylic acids is 2. The SMILES string of the molecule is C[C@H](OC(=O)C1(c2ccccc2F)CCCC1)C(=O)Nc1cccc(C#N)c1. The van der Waals surface area contributed by atoms with Crippen LogP contribution in [0.1, 0.15) is 43.7 Å². The van der Waals surface area contributed by atoms with E-state index in [-0.39, 0.29) is 0 Å². The van der Waals surface area contributed by atoms with Crippen molar-refractivity contribution >= 4 is 17.6 Å². The van der Waals surface area contributed by atoms with E-state index in [9.17, 15) is 14.0 Å². The average Bonchev–Trinajstić information content (AvgIpc) is 3.19. The number of esters is 1. The molecule has 1 N–H and O–H groups in total. The summed E-state index contributed by atoms with van der Waals surface area (Å²) in [5, 5.41) is 11.6. The number of nitriles is 1. The monoisotopic (exact) mass is 380 g/mol. The van der Waals surface area contributed by atoms with E-state index < -0.39 is 29.2 Å². The highest BCUT2D eigenvalue weighted by Crippen LogP contribution is 2.43. The van der Waals surface area contributed by atoms with Crippen molar-refractivity contribution in [2.45, 2.75) is 44.1 Å². The van der Waals surface area contributed by atoms with Crippen molar-refractivity contribution in [1.82, 2.24) is 0 Å². The lowest BCUT2D eigenvalue weighted by Crippen LogP contribution is -2.40. The van der Waals surface area contributed by atoms with E-state index in [2.05, 4.69) is 5.32 Å². The van der Waals surface area contributed by atoms with Crippen LogP contribution in [-0.2, 0) is 19.7 Å². The Morgan fingerprint density at radius 1 is 1.18 bits per heavy atom. The second-order valence-electron chi connectivity index (χ2n) is 7.00. The molecule has 0 radical (unpaired) electrons. The van der Waals surface area contributed by atoms with Gasteiger partial charge in [-0.25, -0.2) is 4.39 Å². The molecular formula is C22H21FN2O3. The van der Waals surface area contributed by atoms with Gasteiger partial charge in [0.05, 0.1) is 17.0 Å².